The van der Waals surface area contributed by atoms with Crippen LogP contribution in [0.1, 0.15) is 50.4 Å². The number of amides is 1. The molecule has 9 nitrogen and oxygen atoms in total. The number of aromatic nitrogens is 2. The van der Waals surface area contributed by atoms with Gasteiger partial charge in [-0.3, -0.25) is 19.5 Å². The first kappa shape index (κ1) is 27.3. The van der Waals surface area contributed by atoms with Crippen LogP contribution in [0.15, 0.2) is 40.2 Å². The van der Waals surface area contributed by atoms with Gasteiger partial charge in [-0.25, -0.2) is 10.1 Å². The Labute approximate surface area is 227 Å². The van der Waals surface area contributed by atoms with Crippen LogP contribution in [0.4, 0.5) is 0 Å². The number of hydrazone groups is 1. The number of aromatic amines is 1. The van der Waals surface area contributed by atoms with Crippen LogP contribution in [0.3, 0.4) is 0 Å². The van der Waals surface area contributed by atoms with Crippen molar-refractivity contribution < 1.29 is 19.1 Å². The summed E-state index contributed by atoms with van der Waals surface area (Å²) in [6, 6.07) is 8.07. The standard InChI is InChI=1S/C25H26Cl2N4O5S/c1-12(22-13(2)30-31(25(22)34)15-5-6-16(26)17(27)11-15)28-29-24(33)21-8-7-20(37-21)23(32)14-9-18(35-3)19(10-14)36-4/h5-8,11,14,18-19,30H,9-10H2,1-4H3,(H,29,33)/b28-12-. The zero-order chi connectivity index (χ0) is 26.9. The van der Waals surface area contributed by atoms with Gasteiger partial charge in [-0.2, -0.15) is 5.10 Å². The first-order valence-electron chi connectivity index (χ1n) is 11.5. The van der Waals surface area contributed by atoms with Crippen LogP contribution in [0.25, 0.3) is 5.69 Å². The van der Waals surface area contributed by atoms with E-state index in [1.54, 1.807) is 58.4 Å². The predicted octanol–water partition coefficient (Wildman–Crippen LogP) is 4.62. The van der Waals surface area contributed by atoms with Crippen molar-refractivity contribution in [2.75, 3.05) is 14.2 Å². The van der Waals surface area contributed by atoms with E-state index in [0.717, 1.165) is 11.3 Å². The van der Waals surface area contributed by atoms with E-state index in [9.17, 15) is 14.4 Å². The van der Waals surface area contributed by atoms with Crippen LogP contribution < -0.4 is 11.0 Å². The highest BCUT2D eigenvalue weighted by atomic mass is 35.5. The minimum absolute atomic E-state index is 0.0314. The number of rotatable bonds is 8. The molecule has 0 bridgehead atoms. The molecule has 196 valence electrons. The molecule has 1 aromatic carbocycles. The van der Waals surface area contributed by atoms with Crippen molar-refractivity contribution in [3.8, 4) is 5.69 Å². The van der Waals surface area contributed by atoms with Crippen molar-refractivity contribution in [3.05, 3.63) is 71.7 Å². The topological polar surface area (TPSA) is 115 Å². The first-order valence-corrected chi connectivity index (χ1v) is 13.0. The largest absolute Gasteiger partial charge is 0.379 e. The van der Waals surface area contributed by atoms with Crippen LogP contribution in [0.5, 0.6) is 0 Å². The predicted molar refractivity (Wildman–Crippen MR) is 144 cm³/mol. The van der Waals surface area contributed by atoms with Gasteiger partial charge in [0.1, 0.15) is 0 Å². The number of carbonyl (C=O) groups is 2. The quantitative estimate of drug-likeness (QED) is 0.235. The molecule has 1 fully saturated rings. The Morgan fingerprint density at radius 1 is 1.08 bits per heavy atom. The molecule has 1 aliphatic rings. The number of carbonyl (C=O) groups excluding carboxylic acids is 2. The summed E-state index contributed by atoms with van der Waals surface area (Å²) in [5.41, 5.74) is 3.84. The molecule has 2 aromatic heterocycles. The summed E-state index contributed by atoms with van der Waals surface area (Å²) in [5, 5.41) is 7.81. The number of nitrogens with one attached hydrogen (secondary N) is 2. The maximum Gasteiger partial charge on any atom is 0.281 e. The lowest BCUT2D eigenvalue weighted by atomic mass is 10.0. The maximum atomic E-state index is 13.0. The SMILES string of the molecule is COC1CC(C(=O)c2ccc(C(=O)N/N=C(/C)c3c(C)[nH]n(-c4ccc(Cl)c(Cl)c4)c3=O)s2)CC1OC. The number of aryl methyl sites for hydroxylation is 1. The highest BCUT2D eigenvalue weighted by Gasteiger charge is 2.39. The van der Waals surface area contributed by atoms with E-state index in [2.05, 4.69) is 15.6 Å². The fourth-order valence-electron chi connectivity index (χ4n) is 4.49. The molecular formula is C25H26Cl2N4O5S. The molecule has 12 heteroatoms. The molecule has 1 amide bonds. The molecule has 0 aliphatic heterocycles. The number of H-pyrrole nitrogens is 1. The highest BCUT2D eigenvalue weighted by Crippen LogP contribution is 2.34. The lowest BCUT2D eigenvalue weighted by Crippen LogP contribution is -2.23. The fourth-order valence-corrected chi connectivity index (χ4v) is 5.70. The van der Waals surface area contributed by atoms with E-state index in [1.165, 1.54) is 4.68 Å². The van der Waals surface area contributed by atoms with Gasteiger partial charge in [-0.1, -0.05) is 23.2 Å². The zero-order valence-corrected chi connectivity index (χ0v) is 23.0. The van der Waals surface area contributed by atoms with Crippen LogP contribution >= 0.6 is 34.5 Å². The van der Waals surface area contributed by atoms with E-state index < -0.39 is 5.91 Å². The second-order valence-electron chi connectivity index (χ2n) is 8.73. The number of ketones is 1. The molecule has 2 atom stereocenters. The van der Waals surface area contributed by atoms with Crippen LogP contribution in [-0.4, -0.2) is 53.6 Å². The van der Waals surface area contributed by atoms with Gasteiger partial charge in [-0.15, -0.1) is 11.3 Å². The third-order valence-corrected chi connectivity index (χ3v) is 8.25. The summed E-state index contributed by atoms with van der Waals surface area (Å²) < 4.78 is 12.2. The Bertz CT molecular complexity index is 1410. The van der Waals surface area contributed by atoms with Crippen molar-refractivity contribution >= 4 is 51.9 Å². The molecule has 3 aromatic rings. The van der Waals surface area contributed by atoms with Crippen molar-refractivity contribution in [2.24, 2.45) is 11.0 Å². The highest BCUT2D eigenvalue weighted by molar-refractivity contribution is 7.16. The van der Waals surface area contributed by atoms with Crippen molar-refractivity contribution in [1.82, 2.24) is 15.2 Å². The molecule has 0 radical (unpaired) electrons. The van der Waals surface area contributed by atoms with E-state index in [0.29, 0.717) is 55.3 Å². The van der Waals surface area contributed by atoms with Gasteiger partial charge in [0.25, 0.3) is 11.5 Å². The molecule has 2 N–H and O–H groups in total. The third kappa shape index (κ3) is 5.58. The average molecular weight is 565 g/mol. The van der Waals surface area contributed by atoms with E-state index in [-0.39, 0.29) is 29.5 Å². The average Bonchev–Trinajstić information content (AvgIpc) is 3.60. The first-order chi connectivity index (χ1) is 17.6. The smallest absolute Gasteiger partial charge is 0.281 e. The molecule has 4 rings (SSSR count). The second kappa shape index (κ2) is 11.3. The number of methoxy groups -OCH3 is 2. The van der Waals surface area contributed by atoms with Gasteiger partial charge >= 0.3 is 0 Å². The fraction of sp³-hybridized carbons (Fsp3) is 0.360. The van der Waals surface area contributed by atoms with Crippen LogP contribution in [-0.2, 0) is 9.47 Å². The Morgan fingerprint density at radius 3 is 2.35 bits per heavy atom. The molecular weight excluding hydrogens is 539 g/mol. The van der Waals surface area contributed by atoms with Gasteiger partial charge in [0.2, 0.25) is 0 Å². The van der Waals surface area contributed by atoms with Gasteiger partial charge < -0.3 is 9.47 Å². The zero-order valence-electron chi connectivity index (χ0n) is 20.6. The molecule has 37 heavy (non-hydrogen) atoms. The minimum atomic E-state index is -0.475. The van der Waals surface area contributed by atoms with Gasteiger partial charge in [0.15, 0.2) is 5.78 Å². The Hall–Kier alpha value is -2.76. The van der Waals surface area contributed by atoms with Gasteiger partial charge in [0, 0.05) is 25.8 Å². The molecule has 0 saturated heterocycles. The number of halogens is 2. The number of hydrogen-bond acceptors (Lipinski definition) is 7. The van der Waals surface area contributed by atoms with E-state index in [1.807, 2.05) is 0 Å². The van der Waals surface area contributed by atoms with Crippen LogP contribution in [0.2, 0.25) is 10.0 Å². The summed E-state index contributed by atoms with van der Waals surface area (Å²) in [7, 11) is 3.22. The summed E-state index contributed by atoms with van der Waals surface area (Å²) in [5.74, 6) is -0.729. The van der Waals surface area contributed by atoms with Crippen molar-refractivity contribution in [2.45, 2.75) is 38.9 Å². The number of nitrogens with zero attached hydrogens (tertiary/aromatic N) is 2. The van der Waals surface area contributed by atoms with E-state index in [4.69, 9.17) is 32.7 Å². The number of ether oxygens (including phenoxy) is 2. The summed E-state index contributed by atoms with van der Waals surface area (Å²) in [4.78, 5) is 39.6. The van der Waals surface area contributed by atoms with Crippen LogP contribution in [0, 0.1) is 12.8 Å². The third-order valence-electron chi connectivity index (χ3n) is 6.42. The Morgan fingerprint density at radius 2 is 1.73 bits per heavy atom. The second-order valence-corrected chi connectivity index (χ2v) is 10.6. The lowest BCUT2D eigenvalue weighted by molar-refractivity contribution is -0.0157. The summed E-state index contributed by atoms with van der Waals surface area (Å²) in [6.45, 7) is 3.35. The minimum Gasteiger partial charge on any atom is -0.379 e. The normalized spacial score (nSPS) is 19.8. The van der Waals surface area contributed by atoms with Gasteiger partial charge in [0.05, 0.1) is 49.0 Å². The maximum absolute atomic E-state index is 13.0. The Kier molecular flexibility index (Phi) is 8.35. The molecule has 0 spiro atoms. The van der Waals surface area contributed by atoms with Gasteiger partial charge in [-0.05, 0) is 57.0 Å². The molecule has 2 unspecified atom stereocenters. The Balaban J connectivity index is 1.47. The molecule has 1 saturated carbocycles. The number of Topliss-reactive ketones (excluding diaryl/α,β-unsaturated/α-hetero) is 1. The van der Waals surface area contributed by atoms with Crippen molar-refractivity contribution in [3.63, 3.8) is 0 Å². The number of hydrogen-bond donors (Lipinski definition) is 2. The van der Waals surface area contributed by atoms with Crippen molar-refractivity contribution in [1.29, 1.82) is 0 Å². The summed E-state index contributed by atoms with van der Waals surface area (Å²) >= 11 is 13.2. The number of thiophene rings is 1. The summed E-state index contributed by atoms with van der Waals surface area (Å²) in [6.07, 6.45) is 0.897. The molecule has 2 heterocycles. The molecule has 1 aliphatic carbocycles. The lowest BCUT2D eigenvalue weighted by Gasteiger charge is -2.15. The monoisotopic (exact) mass is 564 g/mol. The number of benzene rings is 1. The van der Waals surface area contributed by atoms with E-state index >= 15 is 0 Å².